The van der Waals surface area contributed by atoms with Crippen molar-refractivity contribution >= 4 is 0 Å². The fourth-order valence-electron chi connectivity index (χ4n) is 1.29. The predicted molar refractivity (Wildman–Crippen MR) is 55.7 cm³/mol. The zero-order chi connectivity index (χ0) is 11.4. The van der Waals surface area contributed by atoms with Gasteiger partial charge in [-0.15, -0.1) is 0 Å². The molecule has 82 valence electrons. The number of nitrogens with zero attached hydrogens (tertiary/aromatic N) is 1. The Labute approximate surface area is 86.7 Å². The molecule has 3 heteroatoms. The molecule has 3 atom stereocenters. The Kier molecular flexibility index (Phi) is 5.11. The van der Waals surface area contributed by atoms with Crippen molar-refractivity contribution in [2.75, 3.05) is 0 Å². The van der Waals surface area contributed by atoms with Gasteiger partial charge in [-0.25, -0.2) is 0 Å². The molecule has 0 aliphatic rings. The largest absolute Gasteiger partial charge is 0.391 e. The highest BCUT2D eigenvalue weighted by atomic mass is 16.5. The second-order valence-electron chi connectivity index (χ2n) is 4.07. The third kappa shape index (κ3) is 2.97. The molecule has 0 spiro atoms. The van der Waals surface area contributed by atoms with Crippen LogP contribution in [0.15, 0.2) is 0 Å². The lowest BCUT2D eigenvalue weighted by molar-refractivity contribution is -0.116. The summed E-state index contributed by atoms with van der Waals surface area (Å²) in [4.78, 5) is 0. The number of hydrogen-bond acceptors (Lipinski definition) is 3. The van der Waals surface area contributed by atoms with Gasteiger partial charge in [0.05, 0.1) is 18.3 Å². The van der Waals surface area contributed by atoms with Crippen LogP contribution in [0.5, 0.6) is 0 Å². The third-order valence-electron chi connectivity index (χ3n) is 2.72. The number of aliphatic hydroxyl groups excluding tert-OH is 1. The van der Waals surface area contributed by atoms with Crippen LogP contribution in [0.3, 0.4) is 0 Å². The van der Waals surface area contributed by atoms with E-state index in [0.717, 1.165) is 0 Å². The fourth-order valence-corrected chi connectivity index (χ4v) is 1.29. The van der Waals surface area contributed by atoms with Crippen molar-refractivity contribution in [1.82, 2.24) is 0 Å². The summed E-state index contributed by atoms with van der Waals surface area (Å²) in [5.74, 6) is 0.124. The Bertz CT molecular complexity index is 208. The van der Waals surface area contributed by atoms with Crippen LogP contribution in [-0.4, -0.2) is 22.9 Å². The summed E-state index contributed by atoms with van der Waals surface area (Å²) in [5, 5.41) is 18.4. The minimum absolute atomic E-state index is 0.124. The monoisotopic (exact) mass is 199 g/mol. The average Bonchev–Trinajstić information content (AvgIpc) is 2.13. The van der Waals surface area contributed by atoms with Crippen molar-refractivity contribution in [3.63, 3.8) is 0 Å². The average molecular weight is 199 g/mol. The van der Waals surface area contributed by atoms with Gasteiger partial charge in [-0.05, 0) is 26.2 Å². The molecule has 0 saturated heterocycles. The van der Waals surface area contributed by atoms with Crippen LogP contribution < -0.4 is 0 Å². The fraction of sp³-hybridized carbons (Fsp3) is 0.909. The van der Waals surface area contributed by atoms with E-state index in [-0.39, 0.29) is 12.0 Å². The van der Waals surface area contributed by atoms with Gasteiger partial charge >= 0.3 is 0 Å². The van der Waals surface area contributed by atoms with Gasteiger partial charge in [0, 0.05) is 0 Å². The maximum Gasteiger partial charge on any atom is 0.156 e. The summed E-state index contributed by atoms with van der Waals surface area (Å²) in [6.45, 7) is 9.30. The molecule has 0 fully saturated rings. The lowest BCUT2D eigenvalue weighted by Crippen LogP contribution is -2.42. The van der Waals surface area contributed by atoms with E-state index in [1.54, 1.807) is 13.8 Å². The smallest absolute Gasteiger partial charge is 0.156 e. The van der Waals surface area contributed by atoms with Crippen molar-refractivity contribution < 1.29 is 9.84 Å². The molecule has 3 unspecified atom stereocenters. The molecule has 0 bridgehead atoms. The minimum atomic E-state index is -0.767. The topological polar surface area (TPSA) is 53.2 Å². The van der Waals surface area contributed by atoms with E-state index in [4.69, 9.17) is 10.00 Å². The van der Waals surface area contributed by atoms with Gasteiger partial charge in [-0.2, -0.15) is 5.26 Å². The molecule has 0 aromatic heterocycles. The van der Waals surface area contributed by atoms with Gasteiger partial charge in [0.2, 0.25) is 0 Å². The van der Waals surface area contributed by atoms with Gasteiger partial charge in [-0.3, -0.25) is 0 Å². The third-order valence-corrected chi connectivity index (χ3v) is 2.72. The molecule has 3 nitrogen and oxygen atoms in total. The molecule has 14 heavy (non-hydrogen) atoms. The van der Waals surface area contributed by atoms with Crippen molar-refractivity contribution in [3.8, 4) is 6.07 Å². The van der Waals surface area contributed by atoms with Crippen molar-refractivity contribution in [3.05, 3.63) is 0 Å². The van der Waals surface area contributed by atoms with Gasteiger partial charge in [0.25, 0.3) is 0 Å². The lowest BCUT2D eigenvalue weighted by atomic mass is 9.88. The van der Waals surface area contributed by atoms with Gasteiger partial charge in [-0.1, -0.05) is 20.8 Å². The summed E-state index contributed by atoms with van der Waals surface area (Å²) in [6.07, 6.45) is -0.219. The first-order valence-corrected chi connectivity index (χ1v) is 5.16. The zero-order valence-corrected chi connectivity index (χ0v) is 9.74. The van der Waals surface area contributed by atoms with Crippen LogP contribution in [-0.2, 0) is 4.74 Å². The first-order chi connectivity index (χ1) is 6.39. The summed E-state index contributed by atoms with van der Waals surface area (Å²) >= 11 is 0. The summed E-state index contributed by atoms with van der Waals surface area (Å²) < 4.78 is 5.65. The molecule has 0 saturated carbocycles. The first-order valence-electron chi connectivity index (χ1n) is 5.16. The highest BCUT2D eigenvalue weighted by molar-refractivity contribution is 5.03. The van der Waals surface area contributed by atoms with E-state index in [1.807, 2.05) is 20.8 Å². The molecule has 0 amide bonds. The number of aliphatic hydroxyl groups is 1. The van der Waals surface area contributed by atoms with Crippen LogP contribution in [0.25, 0.3) is 0 Å². The van der Waals surface area contributed by atoms with E-state index in [9.17, 15) is 5.11 Å². The molecule has 0 aliphatic heterocycles. The molecule has 0 aliphatic carbocycles. The second-order valence-corrected chi connectivity index (χ2v) is 4.07. The van der Waals surface area contributed by atoms with Crippen LogP contribution in [0.4, 0.5) is 0 Å². The SMILES string of the molecule is CCC(C#N)(OC(C)C(C)O)C(C)C. The first kappa shape index (κ1) is 13.4. The molecular weight excluding hydrogens is 178 g/mol. The number of ether oxygens (including phenoxy) is 1. The Hall–Kier alpha value is -0.590. The molecular formula is C11H21NO2. The quantitative estimate of drug-likeness (QED) is 0.737. The Morgan fingerprint density at radius 1 is 1.36 bits per heavy atom. The summed E-state index contributed by atoms with van der Waals surface area (Å²) in [6, 6.07) is 2.22. The van der Waals surface area contributed by atoms with Gasteiger partial charge < -0.3 is 9.84 Å². The van der Waals surface area contributed by atoms with E-state index in [1.165, 1.54) is 0 Å². The molecule has 0 heterocycles. The summed E-state index contributed by atoms with van der Waals surface area (Å²) in [5.41, 5.74) is -0.767. The molecule has 0 rings (SSSR count). The number of hydrogen-bond donors (Lipinski definition) is 1. The standard InChI is InChI=1S/C11H21NO2/c1-6-11(7-12,8(2)3)14-10(5)9(4)13/h8-10,13H,6H2,1-5H3. The zero-order valence-electron chi connectivity index (χ0n) is 9.74. The maximum absolute atomic E-state index is 9.32. The highest BCUT2D eigenvalue weighted by Crippen LogP contribution is 2.27. The van der Waals surface area contributed by atoms with Crippen LogP contribution in [0.1, 0.15) is 41.0 Å². The summed E-state index contributed by atoms with van der Waals surface area (Å²) in [7, 11) is 0. The van der Waals surface area contributed by atoms with Crippen LogP contribution in [0.2, 0.25) is 0 Å². The second kappa shape index (κ2) is 5.33. The van der Waals surface area contributed by atoms with Crippen molar-refractivity contribution in [2.45, 2.75) is 58.8 Å². The Morgan fingerprint density at radius 2 is 1.86 bits per heavy atom. The van der Waals surface area contributed by atoms with Gasteiger partial charge in [0.15, 0.2) is 5.60 Å². The van der Waals surface area contributed by atoms with Crippen molar-refractivity contribution in [1.29, 1.82) is 5.26 Å². The van der Waals surface area contributed by atoms with Crippen molar-refractivity contribution in [2.24, 2.45) is 5.92 Å². The highest BCUT2D eigenvalue weighted by Gasteiger charge is 2.35. The predicted octanol–water partition coefficient (Wildman–Crippen LogP) is 2.10. The molecule has 0 aromatic rings. The lowest BCUT2D eigenvalue weighted by Gasteiger charge is -2.33. The molecule has 1 N–H and O–H groups in total. The Morgan fingerprint density at radius 3 is 2.07 bits per heavy atom. The number of nitriles is 1. The molecule has 0 radical (unpaired) electrons. The van der Waals surface area contributed by atoms with Crippen LogP contribution >= 0.6 is 0 Å². The molecule has 0 aromatic carbocycles. The van der Waals surface area contributed by atoms with Crippen LogP contribution in [0, 0.1) is 17.2 Å². The van der Waals surface area contributed by atoms with Gasteiger partial charge in [0.1, 0.15) is 0 Å². The number of rotatable bonds is 5. The maximum atomic E-state index is 9.32. The minimum Gasteiger partial charge on any atom is -0.391 e. The van der Waals surface area contributed by atoms with E-state index < -0.39 is 11.7 Å². The van der Waals surface area contributed by atoms with E-state index in [0.29, 0.717) is 6.42 Å². The normalized spacial score (nSPS) is 19.9. The van der Waals surface area contributed by atoms with E-state index in [2.05, 4.69) is 6.07 Å². The van der Waals surface area contributed by atoms with E-state index >= 15 is 0 Å². The Balaban J connectivity index is 4.62.